The maximum absolute atomic E-state index is 12.8. The maximum Gasteiger partial charge on any atom is 0.326 e. The van der Waals surface area contributed by atoms with E-state index in [0.29, 0.717) is 37.6 Å². The maximum atomic E-state index is 12.8. The van der Waals surface area contributed by atoms with Crippen molar-refractivity contribution in [1.29, 1.82) is 5.26 Å². The summed E-state index contributed by atoms with van der Waals surface area (Å²) in [5, 5.41) is 24.5. The van der Waals surface area contributed by atoms with E-state index in [-0.39, 0.29) is 30.8 Å². The van der Waals surface area contributed by atoms with Crippen LogP contribution in [0.5, 0.6) is 5.75 Å². The molecule has 0 aromatic heterocycles. The van der Waals surface area contributed by atoms with Crippen LogP contribution >= 0.6 is 12.6 Å². The third-order valence-electron chi connectivity index (χ3n) is 6.44. The largest absolute Gasteiger partial charge is 0.492 e. The Labute approximate surface area is 228 Å². The number of carbonyl (C=O) groups is 3. The SMILES string of the molecule is N#C[C@@H]1CCCN1C(=O)CNCCOc1ccc(C[C@H](NC(=O)C(CS)Cc2ccccc2)C(=O)O)cc1. The van der Waals surface area contributed by atoms with Crippen molar-refractivity contribution >= 4 is 30.4 Å². The second-order valence-corrected chi connectivity index (χ2v) is 9.58. The molecule has 1 unspecified atom stereocenters. The molecule has 38 heavy (non-hydrogen) atoms. The monoisotopic (exact) mass is 538 g/mol. The number of amides is 2. The van der Waals surface area contributed by atoms with Gasteiger partial charge >= 0.3 is 5.97 Å². The predicted molar refractivity (Wildman–Crippen MR) is 146 cm³/mol. The number of benzene rings is 2. The Balaban J connectivity index is 1.42. The molecule has 10 heteroatoms. The van der Waals surface area contributed by atoms with Crippen LogP contribution in [0.15, 0.2) is 54.6 Å². The van der Waals surface area contributed by atoms with Crippen LogP contribution in [0.3, 0.4) is 0 Å². The summed E-state index contributed by atoms with van der Waals surface area (Å²) in [6.45, 7) is 1.58. The fourth-order valence-electron chi connectivity index (χ4n) is 4.32. The average Bonchev–Trinajstić information content (AvgIpc) is 3.41. The van der Waals surface area contributed by atoms with Crippen LogP contribution in [0.1, 0.15) is 24.0 Å². The van der Waals surface area contributed by atoms with Crippen molar-refractivity contribution in [2.45, 2.75) is 37.8 Å². The van der Waals surface area contributed by atoms with E-state index in [4.69, 9.17) is 10.00 Å². The van der Waals surface area contributed by atoms with Crippen LogP contribution in [0.4, 0.5) is 0 Å². The van der Waals surface area contributed by atoms with Crippen molar-refractivity contribution in [2.75, 3.05) is 32.0 Å². The van der Waals surface area contributed by atoms with Gasteiger partial charge in [-0.15, -0.1) is 0 Å². The number of thiol groups is 1. The molecular formula is C28H34N4O5S. The van der Waals surface area contributed by atoms with Crippen LogP contribution in [0.2, 0.25) is 0 Å². The van der Waals surface area contributed by atoms with Gasteiger partial charge in [-0.3, -0.25) is 9.59 Å². The molecule has 2 amide bonds. The number of carbonyl (C=O) groups excluding carboxylic acids is 2. The summed E-state index contributed by atoms with van der Waals surface area (Å²) in [4.78, 5) is 38.4. The summed E-state index contributed by atoms with van der Waals surface area (Å²) in [5.41, 5.74) is 1.74. The molecule has 0 saturated carbocycles. The number of ether oxygens (including phenoxy) is 1. The predicted octanol–water partition coefficient (Wildman–Crippen LogP) is 2.07. The van der Waals surface area contributed by atoms with Gasteiger partial charge in [-0.1, -0.05) is 42.5 Å². The number of nitrogens with zero attached hydrogens (tertiary/aromatic N) is 2. The molecule has 2 aromatic rings. The lowest BCUT2D eigenvalue weighted by Gasteiger charge is -2.20. The molecule has 1 aliphatic rings. The zero-order valence-corrected chi connectivity index (χ0v) is 22.1. The van der Waals surface area contributed by atoms with E-state index >= 15 is 0 Å². The van der Waals surface area contributed by atoms with Gasteiger partial charge in [-0.2, -0.15) is 17.9 Å². The summed E-state index contributed by atoms with van der Waals surface area (Å²) >= 11 is 4.29. The molecule has 2 aromatic carbocycles. The Morgan fingerprint density at radius 3 is 2.47 bits per heavy atom. The molecule has 3 atom stereocenters. The first kappa shape index (κ1) is 29.0. The van der Waals surface area contributed by atoms with Gasteiger partial charge in [0, 0.05) is 25.3 Å². The van der Waals surface area contributed by atoms with Crippen LogP contribution in [-0.4, -0.2) is 71.9 Å². The molecule has 0 bridgehead atoms. The molecule has 202 valence electrons. The lowest BCUT2D eigenvalue weighted by Crippen LogP contribution is -2.45. The smallest absolute Gasteiger partial charge is 0.326 e. The highest BCUT2D eigenvalue weighted by molar-refractivity contribution is 7.80. The van der Waals surface area contributed by atoms with Crippen LogP contribution in [0.25, 0.3) is 0 Å². The van der Waals surface area contributed by atoms with Gasteiger partial charge in [-0.05, 0) is 42.5 Å². The van der Waals surface area contributed by atoms with Gasteiger partial charge in [0.1, 0.15) is 24.4 Å². The molecule has 3 N–H and O–H groups in total. The highest BCUT2D eigenvalue weighted by Crippen LogP contribution is 2.17. The van der Waals surface area contributed by atoms with E-state index in [9.17, 15) is 19.5 Å². The lowest BCUT2D eigenvalue weighted by molar-refractivity contribution is -0.142. The Bertz CT molecular complexity index is 1110. The van der Waals surface area contributed by atoms with Gasteiger partial charge in [0.15, 0.2) is 0 Å². The van der Waals surface area contributed by atoms with E-state index in [1.165, 1.54) is 0 Å². The number of carboxylic acids is 1. The van der Waals surface area contributed by atoms with Crippen molar-refractivity contribution in [1.82, 2.24) is 15.5 Å². The van der Waals surface area contributed by atoms with Crippen LogP contribution in [-0.2, 0) is 27.2 Å². The normalized spacial score (nSPS) is 16.3. The van der Waals surface area contributed by atoms with Gasteiger partial charge < -0.3 is 25.4 Å². The zero-order chi connectivity index (χ0) is 27.3. The van der Waals surface area contributed by atoms with Gasteiger partial charge in [0.05, 0.1) is 18.5 Å². The number of carboxylic acid groups (broad SMARTS) is 1. The molecule has 0 radical (unpaired) electrons. The van der Waals surface area contributed by atoms with Crippen LogP contribution in [0, 0.1) is 17.2 Å². The van der Waals surface area contributed by atoms with E-state index in [2.05, 4.69) is 29.3 Å². The summed E-state index contributed by atoms with van der Waals surface area (Å²) in [7, 11) is 0. The van der Waals surface area contributed by atoms with E-state index < -0.39 is 17.9 Å². The molecular weight excluding hydrogens is 504 g/mol. The summed E-state index contributed by atoms with van der Waals surface area (Å²) in [6.07, 6.45) is 2.20. The number of hydrogen-bond acceptors (Lipinski definition) is 7. The first-order valence-corrected chi connectivity index (χ1v) is 13.3. The first-order valence-electron chi connectivity index (χ1n) is 12.7. The Morgan fingerprint density at radius 1 is 1.11 bits per heavy atom. The van der Waals surface area contributed by atoms with Crippen molar-refractivity contribution in [3.63, 3.8) is 0 Å². The van der Waals surface area contributed by atoms with E-state index in [1.54, 1.807) is 29.2 Å². The molecule has 9 nitrogen and oxygen atoms in total. The number of aliphatic carboxylic acids is 1. The summed E-state index contributed by atoms with van der Waals surface area (Å²) in [6, 6.07) is 17.3. The molecule has 0 aliphatic carbocycles. The van der Waals surface area contributed by atoms with E-state index in [0.717, 1.165) is 24.0 Å². The average molecular weight is 539 g/mol. The second kappa shape index (κ2) is 15.0. The number of nitriles is 1. The van der Waals surface area contributed by atoms with Crippen molar-refractivity contribution in [3.8, 4) is 11.8 Å². The first-order chi connectivity index (χ1) is 18.4. The fourth-order valence-corrected chi connectivity index (χ4v) is 4.62. The molecule has 1 aliphatic heterocycles. The standard InChI is InChI=1S/C28H34N4O5S/c29-17-23-7-4-13-32(23)26(33)18-30-12-14-37-24-10-8-21(9-11-24)16-25(28(35)36)31-27(34)22(19-38)15-20-5-2-1-3-6-20/h1-3,5-6,8-11,22-23,25,30,38H,4,7,12-16,18-19H2,(H,31,34)(H,35,36)/t22?,23-,25-/m0/s1. The topological polar surface area (TPSA) is 132 Å². The zero-order valence-electron chi connectivity index (χ0n) is 21.2. The third kappa shape index (κ3) is 8.78. The van der Waals surface area contributed by atoms with E-state index in [1.807, 2.05) is 30.3 Å². The summed E-state index contributed by atoms with van der Waals surface area (Å²) in [5.74, 6) is -1.05. The molecule has 1 fully saturated rings. The quantitative estimate of drug-likeness (QED) is 0.214. The Hall–Kier alpha value is -3.55. The highest BCUT2D eigenvalue weighted by atomic mass is 32.1. The molecule has 0 spiro atoms. The van der Waals surface area contributed by atoms with Gasteiger partial charge in [-0.25, -0.2) is 4.79 Å². The second-order valence-electron chi connectivity index (χ2n) is 9.22. The molecule has 3 rings (SSSR count). The van der Waals surface area contributed by atoms with Crippen LogP contribution < -0.4 is 15.4 Å². The highest BCUT2D eigenvalue weighted by Gasteiger charge is 2.28. The Kier molecular flexibility index (Phi) is 11.5. The number of nitrogens with one attached hydrogen (secondary N) is 2. The van der Waals surface area contributed by atoms with Crippen molar-refractivity contribution in [3.05, 3.63) is 65.7 Å². The number of likely N-dealkylation sites (tertiary alicyclic amines) is 1. The van der Waals surface area contributed by atoms with Crippen molar-refractivity contribution in [2.24, 2.45) is 5.92 Å². The lowest BCUT2D eigenvalue weighted by atomic mass is 9.99. The summed E-state index contributed by atoms with van der Waals surface area (Å²) < 4.78 is 5.70. The Morgan fingerprint density at radius 2 is 1.82 bits per heavy atom. The molecule has 1 saturated heterocycles. The fraction of sp³-hybridized carbons (Fsp3) is 0.429. The van der Waals surface area contributed by atoms with Gasteiger partial charge in [0.2, 0.25) is 11.8 Å². The number of hydrogen-bond donors (Lipinski definition) is 4. The third-order valence-corrected chi connectivity index (χ3v) is 6.88. The van der Waals surface area contributed by atoms with Gasteiger partial charge in [0.25, 0.3) is 0 Å². The number of rotatable bonds is 14. The van der Waals surface area contributed by atoms with Crippen molar-refractivity contribution < 1.29 is 24.2 Å². The minimum atomic E-state index is -1.10. The minimum Gasteiger partial charge on any atom is -0.492 e. The minimum absolute atomic E-state index is 0.0840. The molecule has 1 heterocycles.